The summed E-state index contributed by atoms with van der Waals surface area (Å²) in [6, 6.07) is 9.82. The third kappa shape index (κ3) is 5.04. The molecule has 0 aromatic heterocycles. The molecular formula is C25H26BrF2NO3. The minimum Gasteiger partial charge on any atom is -0.489 e. The van der Waals surface area contributed by atoms with Crippen molar-refractivity contribution in [3.05, 3.63) is 69.0 Å². The van der Waals surface area contributed by atoms with E-state index in [0.717, 1.165) is 66.5 Å². The number of benzene rings is 2. The van der Waals surface area contributed by atoms with Gasteiger partial charge < -0.3 is 9.84 Å². The van der Waals surface area contributed by atoms with Crippen molar-refractivity contribution in [2.45, 2.75) is 38.2 Å². The molecule has 1 saturated heterocycles. The predicted molar refractivity (Wildman–Crippen MR) is 124 cm³/mol. The molecule has 1 atom stereocenters. The van der Waals surface area contributed by atoms with Crippen LogP contribution in [0.25, 0.3) is 5.57 Å². The number of rotatable bonds is 7. The standard InChI is InChI=1S/C25H26BrF2NO3/c26-22-4-1-3-16-13-17(25(30)31)5-7-20(16)24(22)21-14-18(6-8-23(21)28)32-19-9-12-29(15-19)11-2-10-27/h5-8,13-14,19H,1-4,9-12,15H2,(H,30,31). The van der Waals surface area contributed by atoms with E-state index in [2.05, 4.69) is 20.8 Å². The van der Waals surface area contributed by atoms with Crippen LogP contribution < -0.4 is 4.74 Å². The van der Waals surface area contributed by atoms with Crippen LogP contribution in [-0.4, -0.2) is 48.4 Å². The smallest absolute Gasteiger partial charge is 0.335 e. The lowest BCUT2D eigenvalue weighted by molar-refractivity contribution is 0.0696. The van der Waals surface area contributed by atoms with E-state index in [9.17, 15) is 14.3 Å². The zero-order chi connectivity index (χ0) is 22.7. The topological polar surface area (TPSA) is 49.8 Å². The first-order chi connectivity index (χ1) is 15.5. The molecule has 32 heavy (non-hydrogen) atoms. The third-order valence-electron chi connectivity index (χ3n) is 6.08. The highest BCUT2D eigenvalue weighted by molar-refractivity contribution is 9.11. The van der Waals surface area contributed by atoms with Crippen LogP contribution in [0.3, 0.4) is 0 Å². The van der Waals surface area contributed by atoms with Gasteiger partial charge in [0.1, 0.15) is 17.7 Å². The van der Waals surface area contributed by atoms with Crippen LogP contribution in [0.5, 0.6) is 5.75 Å². The summed E-state index contributed by atoms with van der Waals surface area (Å²) in [4.78, 5) is 13.6. The van der Waals surface area contributed by atoms with Crippen molar-refractivity contribution >= 4 is 27.5 Å². The van der Waals surface area contributed by atoms with Crippen molar-refractivity contribution in [2.75, 3.05) is 26.3 Å². The Labute approximate surface area is 195 Å². The molecule has 1 aliphatic carbocycles. The van der Waals surface area contributed by atoms with Gasteiger partial charge in [0.2, 0.25) is 0 Å². The van der Waals surface area contributed by atoms with Gasteiger partial charge in [-0.05, 0) is 73.6 Å². The van der Waals surface area contributed by atoms with Crippen molar-refractivity contribution in [1.82, 2.24) is 4.90 Å². The first-order valence-electron chi connectivity index (χ1n) is 11.0. The second kappa shape index (κ2) is 10.1. The number of halogens is 3. The Balaban J connectivity index is 1.63. The van der Waals surface area contributed by atoms with Gasteiger partial charge in [-0.15, -0.1) is 0 Å². The Morgan fingerprint density at radius 3 is 2.81 bits per heavy atom. The van der Waals surface area contributed by atoms with E-state index >= 15 is 4.39 Å². The van der Waals surface area contributed by atoms with Crippen LogP contribution in [0.15, 0.2) is 40.9 Å². The monoisotopic (exact) mass is 505 g/mol. The second-order valence-electron chi connectivity index (χ2n) is 8.32. The lowest BCUT2D eigenvalue weighted by Crippen LogP contribution is -2.26. The highest BCUT2D eigenvalue weighted by Gasteiger charge is 2.25. The number of alkyl halides is 1. The molecule has 2 aromatic rings. The normalized spacial score (nSPS) is 19.0. The number of aryl methyl sites for hydroxylation is 1. The molecule has 2 aromatic carbocycles. The van der Waals surface area contributed by atoms with E-state index in [4.69, 9.17) is 4.74 Å². The van der Waals surface area contributed by atoms with E-state index in [1.54, 1.807) is 30.3 Å². The Morgan fingerprint density at radius 2 is 2.03 bits per heavy atom. The largest absolute Gasteiger partial charge is 0.489 e. The fourth-order valence-corrected chi connectivity index (χ4v) is 5.22. The van der Waals surface area contributed by atoms with Crippen molar-refractivity contribution < 1.29 is 23.4 Å². The van der Waals surface area contributed by atoms with Crippen molar-refractivity contribution in [2.24, 2.45) is 0 Å². The number of carboxylic acids is 1. The lowest BCUT2D eigenvalue weighted by atomic mass is 9.92. The summed E-state index contributed by atoms with van der Waals surface area (Å²) >= 11 is 3.66. The summed E-state index contributed by atoms with van der Waals surface area (Å²) in [7, 11) is 0. The number of nitrogens with zero attached hydrogens (tertiary/aromatic N) is 1. The maximum absolute atomic E-state index is 15.0. The van der Waals surface area contributed by atoms with Gasteiger partial charge in [-0.25, -0.2) is 9.18 Å². The first kappa shape index (κ1) is 22.9. The number of carbonyl (C=O) groups is 1. The molecular weight excluding hydrogens is 480 g/mol. The first-order valence-corrected chi connectivity index (χ1v) is 11.8. The van der Waals surface area contributed by atoms with E-state index in [-0.39, 0.29) is 24.2 Å². The fourth-order valence-electron chi connectivity index (χ4n) is 4.52. The van der Waals surface area contributed by atoms with Crippen molar-refractivity contribution in [3.8, 4) is 5.75 Å². The number of carboxylic acid groups (broad SMARTS) is 1. The molecule has 7 heteroatoms. The molecule has 170 valence electrons. The van der Waals surface area contributed by atoms with Gasteiger partial charge >= 0.3 is 5.97 Å². The number of aromatic carboxylic acids is 1. The molecule has 4 rings (SSSR count). The van der Waals surface area contributed by atoms with E-state index < -0.39 is 5.97 Å². The zero-order valence-electron chi connectivity index (χ0n) is 17.8. The third-order valence-corrected chi connectivity index (χ3v) is 6.88. The second-order valence-corrected chi connectivity index (χ2v) is 9.28. The molecule has 1 N–H and O–H groups in total. The number of allylic oxidation sites excluding steroid dienone is 1. The summed E-state index contributed by atoms with van der Waals surface area (Å²) < 4.78 is 34.5. The number of ether oxygens (including phenoxy) is 1. The molecule has 4 nitrogen and oxygen atoms in total. The van der Waals surface area contributed by atoms with Gasteiger partial charge in [-0.3, -0.25) is 9.29 Å². The number of fused-ring (bicyclic) bond motifs is 1. The molecule has 1 unspecified atom stereocenters. The van der Waals surface area contributed by atoms with Crippen LogP contribution in [0.1, 0.15) is 52.7 Å². The maximum atomic E-state index is 15.0. The fraction of sp³-hybridized carbons (Fsp3) is 0.400. The lowest BCUT2D eigenvalue weighted by Gasteiger charge is -2.18. The number of likely N-dealkylation sites (tertiary alicyclic amines) is 1. The maximum Gasteiger partial charge on any atom is 0.335 e. The molecule has 0 spiro atoms. The SMILES string of the molecule is O=C(O)c1ccc2c(c1)CCCC(Br)=C2c1cc(OC2CCN(CCCF)C2)ccc1F. The summed E-state index contributed by atoms with van der Waals surface area (Å²) in [5, 5.41) is 9.35. The Kier molecular flexibility index (Phi) is 7.26. The van der Waals surface area contributed by atoms with Crippen molar-refractivity contribution in [3.63, 3.8) is 0 Å². The molecule has 0 bridgehead atoms. The van der Waals surface area contributed by atoms with Gasteiger partial charge in [0.05, 0.1) is 12.2 Å². The Morgan fingerprint density at radius 1 is 1.19 bits per heavy atom. The molecule has 1 heterocycles. The van der Waals surface area contributed by atoms with Gasteiger partial charge in [-0.1, -0.05) is 22.0 Å². The van der Waals surface area contributed by atoms with Gasteiger partial charge in [0, 0.05) is 35.3 Å². The average molecular weight is 506 g/mol. The Hall–Kier alpha value is -2.25. The minimum absolute atomic E-state index is 0.00936. The minimum atomic E-state index is -0.972. The zero-order valence-corrected chi connectivity index (χ0v) is 19.3. The highest BCUT2D eigenvalue weighted by Crippen LogP contribution is 2.40. The summed E-state index contributed by atoms with van der Waals surface area (Å²) in [6.07, 6.45) is 3.68. The van der Waals surface area contributed by atoms with Crippen LogP contribution >= 0.6 is 15.9 Å². The summed E-state index contributed by atoms with van der Waals surface area (Å²) in [5.74, 6) is -0.727. The predicted octanol–water partition coefficient (Wildman–Crippen LogP) is 5.83. The molecule has 0 amide bonds. The highest BCUT2D eigenvalue weighted by atomic mass is 79.9. The molecule has 1 aliphatic heterocycles. The van der Waals surface area contributed by atoms with Crippen molar-refractivity contribution in [1.29, 1.82) is 0 Å². The van der Waals surface area contributed by atoms with Crippen LogP contribution in [0.4, 0.5) is 8.78 Å². The van der Waals surface area contributed by atoms with Gasteiger partial charge in [-0.2, -0.15) is 0 Å². The number of hydrogen-bond donors (Lipinski definition) is 1. The Bertz CT molecular complexity index is 1040. The van der Waals surface area contributed by atoms with Crippen LogP contribution in [0, 0.1) is 5.82 Å². The van der Waals surface area contributed by atoms with Crippen LogP contribution in [-0.2, 0) is 6.42 Å². The summed E-state index contributed by atoms with van der Waals surface area (Å²) in [6.45, 7) is 2.01. The quantitative estimate of drug-likeness (QED) is 0.514. The van der Waals surface area contributed by atoms with Gasteiger partial charge in [0.25, 0.3) is 0 Å². The molecule has 0 radical (unpaired) electrons. The van der Waals surface area contributed by atoms with E-state index in [1.807, 2.05) is 0 Å². The van der Waals surface area contributed by atoms with Gasteiger partial charge in [0.15, 0.2) is 0 Å². The average Bonchev–Trinajstić information content (AvgIpc) is 3.15. The van der Waals surface area contributed by atoms with E-state index in [0.29, 0.717) is 17.7 Å². The molecule has 0 saturated carbocycles. The molecule has 1 fully saturated rings. The number of hydrogen-bond acceptors (Lipinski definition) is 3. The van der Waals surface area contributed by atoms with Crippen LogP contribution in [0.2, 0.25) is 0 Å². The summed E-state index contributed by atoms with van der Waals surface area (Å²) in [5.41, 5.74) is 3.16. The van der Waals surface area contributed by atoms with E-state index in [1.165, 1.54) is 6.07 Å². The molecule has 2 aliphatic rings.